The minimum atomic E-state index is -0.386. The predicted molar refractivity (Wildman–Crippen MR) is 113 cm³/mol. The summed E-state index contributed by atoms with van der Waals surface area (Å²) in [5.41, 5.74) is 2.15. The largest absolute Gasteiger partial charge is 0.506 e. The molecule has 152 valence electrons. The van der Waals surface area contributed by atoms with Crippen LogP contribution in [-0.2, 0) is 0 Å². The average Bonchev–Trinajstić information content (AvgIpc) is 2.71. The van der Waals surface area contributed by atoms with Crippen LogP contribution in [0, 0.1) is 13.8 Å². The molecule has 0 aliphatic heterocycles. The number of ether oxygens (including phenoxy) is 2. The van der Waals surface area contributed by atoms with Crippen LogP contribution in [0.1, 0.15) is 37.4 Å². The van der Waals surface area contributed by atoms with Gasteiger partial charge in [0, 0.05) is 16.7 Å². The Morgan fingerprint density at radius 2 is 1.63 bits per heavy atom. The maximum atomic E-state index is 13.4. The van der Waals surface area contributed by atoms with Crippen molar-refractivity contribution in [1.29, 1.82) is 0 Å². The lowest BCUT2D eigenvalue weighted by molar-refractivity contribution is 0.0998. The third-order valence-corrected chi connectivity index (χ3v) is 5.36. The number of aryl methyl sites for hydroxylation is 2. The third kappa shape index (κ3) is 2.72. The first-order chi connectivity index (χ1) is 14.3. The number of Topliss-reactive ketones (excluding diaryl/α,β-unsaturated/α-hetero) is 1. The molecule has 2 N–H and O–H groups in total. The molecule has 6 nitrogen and oxygen atoms in total. The van der Waals surface area contributed by atoms with E-state index in [1.54, 1.807) is 31.2 Å². The van der Waals surface area contributed by atoms with Crippen LogP contribution >= 0.6 is 0 Å². The molecule has 0 saturated heterocycles. The molecular weight excluding hydrogens is 384 g/mol. The van der Waals surface area contributed by atoms with Gasteiger partial charge in [-0.25, -0.2) is 0 Å². The first kappa shape index (κ1) is 19.5. The lowest BCUT2D eigenvalue weighted by Gasteiger charge is -2.21. The van der Waals surface area contributed by atoms with Crippen molar-refractivity contribution in [2.45, 2.75) is 13.8 Å². The molecule has 3 aromatic rings. The van der Waals surface area contributed by atoms with Crippen LogP contribution in [0.5, 0.6) is 23.0 Å². The van der Waals surface area contributed by atoms with Crippen LogP contribution in [0.15, 0.2) is 36.4 Å². The van der Waals surface area contributed by atoms with Gasteiger partial charge in [0.05, 0.1) is 25.2 Å². The summed E-state index contributed by atoms with van der Waals surface area (Å²) < 4.78 is 10.6. The van der Waals surface area contributed by atoms with E-state index < -0.39 is 0 Å². The Bertz CT molecular complexity index is 1280. The molecule has 0 radical (unpaired) electrons. The highest BCUT2D eigenvalue weighted by Crippen LogP contribution is 2.46. The molecule has 0 saturated carbocycles. The van der Waals surface area contributed by atoms with Gasteiger partial charge in [0.2, 0.25) is 0 Å². The van der Waals surface area contributed by atoms with Gasteiger partial charge in [-0.05, 0) is 54.6 Å². The number of phenolic OH excluding ortho intramolecular Hbond substituents is 2. The van der Waals surface area contributed by atoms with Gasteiger partial charge in [0.1, 0.15) is 11.5 Å². The Balaban J connectivity index is 2.02. The van der Waals surface area contributed by atoms with E-state index in [-0.39, 0.29) is 56.5 Å². The second-order valence-electron chi connectivity index (χ2n) is 7.27. The van der Waals surface area contributed by atoms with Crippen LogP contribution in [0.3, 0.4) is 0 Å². The summed E-state index contributed by atoms with van der Waals surface area (Å²) >= 11 is 0. The number of rotatable bonds is 3. The molecule has 0 heterocycles. The molecule has 30 heavy (non-hydrogen) atoms. The van der Waals surface area contributed by atoms with Crippen molar-refractivity contribution >= 4 is 27.9 Å². The summed E-state index contributed by atoms with van der Waals surface area (Å²) in [5.74, 6) is -0.695. The van der Waals surface area contributed by atoms with Gasteiger partial charge < -0.3 is 19.7 Å². The van der Waals surface area contributed by atoms with Gasteiger partial charge in [-0.15, -0.1) is 0 Å². The summed E-state index contributed by atoms with van der Waals surface area (Å²) in [6, 6.07) is 8.24. The van der Waals surface area contributed by atoms with E-state index in [4.69, 9.17) is 9.47 Å². The van der Waals surface area contributed by atoms with Crippen molar-refractivity contribution in [3.8, 4) is 23.0 Å². The molecule has 6 heteroatoms. The van der Waals surface area contributed by atoms with Crippen molar-refractivity contribution in [2.75, 3.05) is 14.2 Å². The number of allylic oxidation sites excluding steroid dienone is 2. The van der Waals surface area contributed by atoms with Crippen LogP contribution in [0.2, 0.25) is 0 Å². The Labute approximate surface area is 173 Å². The fourth-order valence-electron chi connectivity index (χ4n) is 4.06. The van der Waals surface area contributed by atoms with Crippen molar-refractivity contribution in [3.63, 3.8) is 0 Å². The number of fused-ring (bicyclic) bond motifs is 2. The molecule has 1 aliphatic carbocycles. The number of ketones is 2. The fraction of sp³-hybridized carbons (Fsp3) is 0.167. The molecule has 1 aliphatic rings. The topological polar surface area (TPSA) is 93.1 Å². The Kier molecular flexibility index (Phi) is 4.50. The zero-order valence-electron chi connectivity index (χ0n) is 17.0. The molecule has 0 unspecified atom stereocenters. The number of carbonyl (C=O) groups is 2. The van der Waals surface area contributed by atoms with Gasteiger partial charge in [-0.3, -0.25) is 9.59 Å². The van der Waals surface area contributed by atoms with Gasteiger partial charge >= 0.3 is 0 Å². The molecule has 0 aromatic heterocycles. The van der Waals surface area contributed by atoms with E-state index in [1.807, 2.05) is 6.92 Å². The minimum absolute atomic E-state index is 0.0856. The monoisotopic (exact) mass is 404 g/mol. The van der Waals surface area contributed by atoms with E-state index in [0.29, 0.717) is 16.7 Å². The molecule has 3 aromatic carbocycles. The fourth-order valence-corrected chi connectivity index (χ4v) is 4.06. The lowest BCUT2D eigenvalue weighted by atomic mass is 9.82. The van der Waals surface area contributed by atoms with Gasteiger partial charge in [-0.1, -0.05) is 12.1 Å². The normalized spacial score (nSPS) is 13.3. The lowest BCUT2D eigenvalue weighted by Crippen LogP contribution is -2.18. The van der Waals surface area contributed by atoms with Crippen LogP contribution in [0.4, 0.5) is 0 Å². The van der Waals surface area contributed by atoms with Crippen LogP contribution < -0.4 is 9.47 Å². The smallest absolute Gasteiger partial charge is 0.194 e. The average molecular weight is 404 g/mol. The first-order valence-corrected chi connectivity index (χ1v) is 9.30. The highest BCUT2D eigenvalue weighted by Gasteiger charge is 2.32. The van der Waals surface area contributed by atoms with Crippen LogP contribution in [0.25, 0.3) is 16.3 Å². The van der Waals surface area contributed by atoms with Crippen molar-refractivity contribution < 1.29 is 29.3 Å². The van der Waals surface area contributed by atoms with Crippen molar-refractivity contribution in [2.24, 2.45) is 0 Å². The van der Waals surface area contributed by atoms with E-state index in [9.17, 15) is 19.8 Å². The quantitative estimate of drug-likeness (QED) is 0.674. The zero-order valence-corrected chi connectivity index (χ0v) is 17.0. The second kappa shape index (κ2) is 6.91. The molecular formula is C24H20O6. The minimum Gasteiger partial charge on any atom is -0.506 e. The standard InChI is InChI=1S/C24H20O6/c1-11-7-14-21(18(8-11)29-3)17(26)10-15(22(14)27)19-12(2)9-13-5-6-16(25)24(30-4)20(13)23(19)28/h5-10,25,28H,1-4H3. The molecule has 4 rings (SSSR count). The Morgan fingerprint density at radius 3 is 2.30 bits per heavy atom. The predicted octanol–water partition coefficient (Wildman–Crippen LogP) is 4.35. The number of aromatic hydroxyl groups is 2. The summed E-state index contributed by atoms with van der Waals surface area (Å²) in [6.07, 6.45) is 1.23. The van der Waals surface area contributed by atoms with E-state index in [2.05, 4.69) is 0 Å². The zero-order chi connectivity index (χ0) is 21.7. The van der Waals surface area contributed by atoms with Gasteiger partial charge in [-0.2, -0.15) is 0 Å². The number of benzene rings is 3. The molecule has 0 amide bonds. The molecule has 0 fully saturated rings. The molecule has 0 bridgehead atoms. The third-order valence-electron chi connectivity index (χ3n) is 5.36. The number of carbonyl (C=O) groups excluding carboxylic acids is 2. The number of methoxy groups -OCH3 is 2. The highest BCUT2D eigenvalue weighted by molar-refractivity contribution is 6.40. The Hall–Kier alpha value is -3.80. The number of hydrogen-bond donors (Lipinski definition) is 2. The van der Waals surface area contributed by atoms with Crippen molar-refractivity contribution in [3.05, 3.63) is 64.2 Å². The highest BCUT2D eigenvalue weighted by atomic mass is 16.5. The van der Waals surface area contributed by atoms with Crippen molar-refractivity contribution in [1.82, 2.24) is 0 Å². The molecule has 0 spiro atoms. The summed E-state index contributed by atoms with van der Waals surface area (Å²) in [5, 5.41) is 22.1. The van der Waals surface area contributed by atoms with E-state index in [1.165, 1.54) is 26.4 Å². The maximum absolute atomic E-state index is 13.4. The number of phenols is 2. The SMILES string of the molecule is COc1cc(C)cc2c1C(=O)C=C(c1c(C)cc3ccc(O)c(OC)c3c1O)C2=O. The van der Waals surface area contributed by atoms with Gasteiger partial charge in [0.15, 0.2) is 23.1 Å². The van der Waals surface area contributed by atoms with E-state index in [0.717, 1.165) is 5.56 Å². The first-order valence-electron chi connectivity index (χ1n) is 9.30. The van der Waals surface area contributed by atoms with Gasteiger partial charge in [0.25, 0.3) is 0 Å². The van der Waals surface area contributed by atoms with Crippen LogP contribution in [-0.4, -0.2) is 36.0 Å². The maximum Gasteiger partial charge on any atom is 0.194 e. The second-order valence-corrected chi connectivity index (χ2v) is 7.27. The summed E-state index contributed by atoms with van der Waals surface area (Å²) in [7, 11) is 2.83. The number of hydrogen-bond acceptors (Lipinski definition) is 6. The summed E-state index contributed by atoms with van der Waals surface area (Å²) in [6.45, 7) is 3.56. The molecule has 0 atom stereocenters. The van der Waals surface area contributed by atoms with E-state index >= 15 is 0 Å². The summed E-state index contributed by atoms with van der Waals surface area (Å²) in [4.78, 5) is 26.3. The Morgan fingerprint density at radius 1 is 0.900 bits per heavy atom.